The second-order valence-electron chi connectivity index (χ2n) is 2.80. The van der Waals surface area contributed by atoms with Gasteiger partial charge in [0, 0.05) is 16.2 Å². The third-order valence-electron chi connectivity index (χ3n) is 1.99. The number of carbonyl (C=O) groups excluding carboxylic acids is 1. The second-order valence-corrected chi connectivity index (χ2v) is 3.72. The Balaban J connectivity index is 2.55. The molecular formula is C8H7BrN2O. The van der Waals surface area contributed by atoms with Gasteiger partial charge in [0.05, 0.1) is 5.92 Å². The van der Waals surface area contributed by atoms with E-state index in [-0.39, 0.29) is 11.8 Å². The van der Waals surface area contributed by atoms with Crippen molar-refractivity contribution in [2.75, 3.05) is 5.32 Å². The first-order valence-corrected chi connectivity index (χ1v) is 4.44. The molecule has 1 aromatic rings. The Kier molecular flexibility index (Phi) is 1.65. The number of halogens is 1. The minimum absolute atomic E-state index is 0.0237. The van der Waals surface area contributed by atoms with Crippen LogP contribution in [0.25, 0.3) is 0 Å². The molecule has 0 aromatic carbocycles. The molecule has 62 valence electrons. The molecule has 0 radical (unpaired) electrons. The Morgan fingerprint density at radius 3 is 3.17 bits per heavy atom. The number of nitrogens with one attached hydrogen (secondary N) is 1. The normalized spacial score (nSPS) is 20.5. The van der Waals surface area contributed by atoms with Gasteiger partial charge in [0.25, 0.3) is 0 Å². The van der Waals surface area contributed by atoms with Crippen LogP contribution in [0.3, 0.4) is 0 Å². The molecule has 0 bridgehead atoms. The molecule has 0 fully saturated rings. The quantitative estimate of drug-likeness (QED) is 0.735. The van der Waals surface area contributed by atoms with Gasteiger partial charge >= 0.3 is 0 Å². The van der Waals surface area contributed by atoms with E-state index in [1.54, 1.807) is 6.20 Å². The average molecular weight is 227 g/mol. The number of fused-ring (bicyclic) bond motifs is 1. The first-order chi connectivity index (χ1) is 5.68. The van der Waals surface area contributed by atoms with Gasteiger partial charge in [0.1, 0.15) is 5.82 Å². The number of rotatable bonds is 0. The molecule has 0 saturated heterocycles. The van der Waals surface area contributed by atoms with E-state index in [0.29, 0.717) is 5.82 Å². The molecule has 1 amide bonds. The van der Waals surface area contributed by atoms with Gasteiger partial charge < -0.3 is 5.32 Å². The molecule has 0 saturated carbocycles. The molecule has 2 heterocycles. The van der Waals surface area contributed by atoms with Crippen molar-refractivity contribution < 1.29 is 4.79 Å². The summed E-state index contributed by atoms with van der Waals surface area (Å²) in [7, 11) is 0. The van der Waals surface area contributed by atoms with Crippen LogP contribution in [0.15, 0.2) is 16.7 Å². The van der Waals surface area contributed by atoms with Gasteiger partial charge in [-0.05, 0) is 28.9 Å². The molecule has 1 aliphatic heterocycles. The van der Waals surface area contributed by atoms with Crippen molar-refractivity contribution in [1.29, 1.82) is 0 Å². The number of nitrogens with zero attached hydrogens (tertiary/aromatic N) is 1. The summed E-state index contributed by atoms with van der Waals surface area (Å²) in [4.78, 5) is 15.3. The molecule has 0 aliphatic carbocycles. The lowest BCUT2D eigenvalue weighted by Crippen LogP contribution is -2.08. The van der Waals surface area contributed by atoms with Crippen LogP contribution >= 0.6 is 15.9 Å². The van der Waals surface area contributed by atoms with E-state index in [9.17, 15) is 4.79 Å². The van der Waals surface area contributed by atoms with E-state index in [1.165, 1.54) is 0 Å². The summed E-state index contributed by atoms with van der Waals surface area (Å²) >= 11 is 3.31. The Labute approximate surface area is 78.3 Å². The van der Waals surface area contributed by atoms with Gasteiger partial charge in [-0.3, -0.25) is 4.79 Å². The summed E-state index contributed by atoms with van der Waals surface area (Å²) in [5, 5.41) is 2.70. The molecule has 0 spiro atoms. The molecule has 1 aromatic heterocycles. The van der Waals surface area contributed by atoms with E-state index in [0.717, 1.165) is 10.0 Å². The Morgan fingerprint density at radius 1 is 1.67 bits per heavy atom. The lowest BCUT2D eigenvalue weighted by atomic mass is 10.1. The van der Waals surface area contributed by atoms with Crippen molar-refractivity contribution in [1.82, 2.24) is 4.98 Å². The molecule has 1 aliphatic rings. The van der Waals surface area contributed by atoms with Crippen molar-refractivity contribution >= 4 is 27.7 Å². The van der Waals surface area contributed by atoms with Gasteiger partial charge in [-0.1, -0.05) is 0 Å². The van der Waals surface area contributed by atoms with Gasteiger partial charge in [0.2, 0.25) is 5.91 Å². The maximum atomic E-state index is 11.2. The summed E-state index contributed by atoms with van der Waals surface area (Å²) in [5.74, 6) is 0.635. The fraction of sp³-hybridized carbons (Fsp3) is 0.250. The second kappa shape index (κ2) is 2.55. The Morgan fingerprint density at radius 2 is 2.42 bits per heavy atom. The summed E-state index contributed by atoms with van der Waals surface area (Å²) < 4.78 is 0.907. The number of hydrogen-bond donors (Lipinski definition) is 1. The molecular weight excluding hydrogens is 220 g/mol. The van der Waals surface area contributed by atoms with Crippen LogP contribution < -0.4 is 5.32 Å². The Bertz CT molecular complexity index is 351. The van der Waals surface area contributed by atoms with Crippen LogP contribution in [0, 0.1) is 0 Å². The third-order valence-corrected chi connectivity index (χ3v) is 2.42. The van der Waals surface area contributed by atoms with Crippen LogP contribution in [-0.4, -0.2) is 10.9 Å². The van der Waals surface area contributed by atoms with E-state index >= 15 is 0 Å². The molecule has 4 heteroatoms. The first-order valence-electron chi connectivity index (χ1n) is 3.65. The van der Waals surface area contributed by atoms with Crippen LogP contribution in [0.4, 0.5) is 5.82 Å². The average Bonchev–Trinajstić information content (AvgIpc) is 2.31. The molecule has 3 nitrogen and oxygen atoms in total. The number of amides is 1. The van der Waals surface area contributed by atoms with Gasteiger partial charge in [-0.2, -0.15) is 0 Å². The molecule has 1 N–H and O–H groups in total. The predicted molar refractivity (Wildman–Crippen MR) is 49.0 cm³/mol. The number of pyridine rings is 1. The fourth-order valence-corrected chi connectivity index (χ4v) is 1.60. The van der Waals surface area contributed by atoms with Crippen LogP contribution in [-0.2, 0) is 4.79 Å². The van der Waals surface area contributed by atoms with Crippen LogP contribution in [0.2, 0.25) is 0 Å². The zero-order valence-corrected chi connectivity index (χ0v) is 8.05. The van der Waals surface area contributed by atoms with Crippen molar-refractivity contribution in [3.05, 3.63) is 22.3 Å². The predicted octanol–water partition coefficient (Wildman–Crippen LogP) is 1.90. The van der Waals surface area contributed by atoms with Crippen molar-refractivity contribution in [3.63, 3.8) is 0 Å². The lowest BCUT2D eigenvalue weighted by molar-refractivity contribution is -0.116. The van der Waals surface area contributed by atoms with Crippen LogP contribution in [0.1, 0.15) is 18.4 Å². The minimum atomic E-state index is -0.0787. The fourth-order valence-electron chi connectivity index (χ4n) is 1.26. The van der Waals surface area contributed by atoms with E-state index in [2.05, 4.69) is 26.2 Å². The van der Waals surface area contributed by atoms with Gasteiger partial charge in [-0.15, -0.1) is 0 Å². The highest BCUT2D eigenvalue weighted by Crippen LogP contribution is 2.31. The summed E-state index contributed by atoms with van der Waals surface area (Å²) in [6, 6.07) is 1.92. The third kappa shape index (κ3) is 1.03. The SMILES string of the molecule is CC1C(=O)Nc2ncc(Br)cc21. The number of aromatic nitrogens is 1. The smallest absolute Gasteiger partial charge is 0.232 e. The van der Waals surface area contributed by atoms with Crippen molar-refractivity contribution in [2.24, 2.45) is 0 Å². The molecule has 1 atom stereocenters. The van der Waals surface area contributed by atoms with Crippen LogP contribution in [0.5, 0.6) is 0 Å². The zero-order chi connectivity index (χ0) is 8.72. The van der Waals surface area contributed by atoms with E-state index in [4.69, 9.17) is 0 Å². The maximum absolute atomic E-state index is 11.2. The first kappa shape index (κ1) is 7.73. The highest BCUT2D eigenvalue weighted by atomic mass is 79.9. The summed E-state index contributed by atoms with van der Waals surface area (Å²) in [6.45, 7) is 1.87. The van der Waals surface area contributed by atoms with Gasteiger partial charge in [-0.25, -0.2) is 4.98 Å². The highest BCUT2D eigenvalue weighted by molar-refractivity contribution is 9.10. The minimum Gasteiger partial charge on any atom is -0.310 e. The number of carbonyl (C=O) groups is 1. The number of hydrogen-bond acceptors (Lipinski definition) is 2. The van der Waals surface area contributed by atoms with Crippen molar-refractivity contribution in [2.45, 2.75) is 12.8 Å². The molecule has 1 unspecified atom stereocenters. The topological polar surface area (TPSA) is 42.0 Å². The molecule has 12 heavy (non-hydrogen) atoms. The highest BCUT2D eigenvalue weighted by Gasteiger charge is 2.27. The summed E-state index contributed by atoms with van der Waals surface area (Å²) in [6.07, 6.45) is 1.68. The standard InChI is InChI=1S/C8H7BrN2O/c1-4-6-2-5(9)3-10-7(6)11-8(4)12/h2-4H,1H3,(H,10,11,12). The Hall–Kier alpha value is -0.900. The number of anilines is 1. The maximum Gasteiger partial charge on any atom is 0.232 e. The lowest BCUT2D eigenvalue weighted by Gasteiger charge is -1.99. The largest absolute Gasteiger partial charge is 0.310 e. The van der Waals surface area contributed by atoms with E-state index in [1.807, 2.05) is 13.0 Å². The summed E-state index contributed by atoms with van der Waals surface area (Å²) in [5.41, 5.74) is 0.967. The molecule has 2 rings (SSSR count). The monoisotopic (exact) mass is 226 g/mol. The van der Waals surface area contributed by atoms with E-state index < -0.39 is 0 Å². The zero-order valence-electron chi connectivity index (χ0n) is 6.47. The van der Waals surface area contributed by atoms with Crippen molar-refractivity contribution in [3.8, 4) is 0 Å². The van der Waals surface area contributed by atoms with Gasteiger partial charge in [0.15, 0.2) is 0 Å².